The number of halogens is 1. The predicted molar refractivity (Wildman–Crippen MR) is 78.2 cm³/mol. The SMILES string of the molecule is COc1ccc(CC(=O)NC2CCC(N)C2)cc1Br. The van der Waals surface area contributed by atoms with Crippen LogP contribution in [0.15, 0.2) is 22.7 Å². The van der Waals surface area contributed by atoms with E-state index in [0.29, 0.717) is 6.42 Å². The van der Waals surface area contributed by atoms with Crippen molar-refractivity contribution in [1.29, 1.82) is 0 Å². The highest BCUT2D eigenvalue weighted by molar-refractivity contribution is 9.10. The molecule has 19 heavy (non-hydrogen) atoms. The molecule has 1 fully saturated rings. The molecule has 104 valence electrons. The van der Waals surface area contributed by atoms with Crippen molar-refractivity contribution >= 4 is 21.8 Å². The fourth-order valence-electron chi connectivity index (χ4n) is 2.43. The van der Waals surface area contributed by atoms with E-state index in [-0.39, 0.29) is 18.0 Å². The van der Waals surface area contributed by atoms with Gasteiger partial charge in [-0.05, 0) is 52.9 Å². The Labute approximate surface area is 121 Å². The first-order chi connectivity index (χ1) is 9.08. The van der Waals surface area contributed by atoms with Crippen molar-refractivity contribution in [2.24, 2.45) is 5.73 Å². The molecule has 1 aromatic rings. The van der Waals surface area contributed by atoms with Crippen LogP contribution in [-0.4, -0.2) is 25.1 Å². The molecule has 0 aliphatic heterocycles. The van der Waals surface area contributed by atoms with Gasteiger partial charge >= 0.3 is 0 Å². The maximum absolute atomic E-state index is 11.9. The molecule has 1 aliphatic rings. The summed E-state index contributed by atoms with van der Waals surface area (Å²) in [6, 6.07) is 6.16. The van der Waals surface area contributed by atoms with Gasteiger partial charge in [0.1, 0.15) is 5.75 Å². The van der Waals surface area contributed by atoms with Crippen LogP contribution in [0.5, 0.6) is 5.75 Å². The minimum atomic E-state index is 0.0520. The largest absolute Gasteiger partial charge is 0.496 e. The lowest BCUT2D eigenvalue weighted by Crippen LogP contribution is -2.35. The van der Waals surface area contributed by atoms with Crippen molar-refractivity contribution in [2.75, 3.05) is 7.11 Å². The van der Waals surface area contributed by atoms with E-state index in [9.17, 15) is 4.79 Å². The van der Waals surface area contributed by atoms with Crippen molar-refractivity contribution in [2.45, 2.75) is 37.8 Å². The van der Waals surface area contributed by atoms with E-state index in [0.717, 1.165) is 35.0 Å². The second-order valence-corrected chi connectivity index (χ2v) is 5.84. The van der Waals surface area contributed by atoms with Crippen LogP contribution in [0.3, 0.4) is 0 Å². The summed E-state index contributed by atoms with van der Waals surface area (Å²) in [4.78, 5) is 11.9. The van der Waals surface area contributed by atoms with E-state index in [1.54, 1.807) is 7.11 Å². The first-order valence-electron chi connectivity index (χ1n) is 6.46. The van der Waals surface area contributed by atoms with Crippen LogP contribution in [0, 0.1) is 0 Å². The van der Waals surface area contributed by atoms with Gasteiger partial charge in [-0.25, -0.2) is 0 Å². The van der Waals surface area contributed by atoms with Gasteiger partial charge in [-0.1, -0.05) is 6.07 Å². The topological polar surface area (TPSA) is 64.3 Å². The Balaban J connectivity index is 1.90. The number of nitrogens with one attached hydrogen (secondary N) is 1. The molecule has 0 radical (unpaired) electrons. The maximum Gasteiger partial charge on any atom is 0.224 e. The van der Waals surface area contributed by atoms with Crippen molar-refractivity contribution in [3.05, 3.63) is 28.2 Å². The minimum Gasteiger partial charge on any atom is -0.496 e. The van der Waals surface area contributed by atoms with Gasteiger partial charge in [0.15, 0.2) is 0 Å². The van der Waals surface area contributed by atoms with Gasteiger partial charge in [-0.2, -0.15) is 0 Å². The Morgan fingerprint density at radius 2 is 2.32 bits per heavy atom. The van der Waals surface area contributed by atoms with Gasteiger partial charge in [0.2, 0.25) is 5.91 Å². The summed E-state index contributed by atoms with van der Waals surface area (Å²) in [5.41, 5.74) is 6.80. The molecule has 2 rings (SSSR count). The molecule has 1 amide bonds. The van der Waals surface area contributed by atoms with E-state index in [1.807, 2.05) is 18.2 Å². The highest BCUT2D eigenvalue weighted by atomic mass is 79.9. The average Bonchev–Trinajstić information content (AvgIpc) is 2.74. The van der Waals surface area contributed by atoms with Crippen molar-refractivity contribution in [3.8, 4) is 5.75 Å². The standard InChI is InChI=1S/C14H19BrN2O2/c1-19-13-5-2-9(6-12(13)15)7-14(18)17-11-4-3-10(16)8-11/h2,5-6,10-11H,3-4,7-8,16H2,1H3,(H,17,18). The zero-order valence-corrected chi connectivity index (χ0v) is 12.6. The molecule has 3 N–H and O–H groups in total. The maximum atomic E-state index is 11.9. The summed E-state index contributed by atoms with van der Waals surface area (Å²) in [6.07, 6.45) is 3.25. The number of rotatable bonds is 4. The van der Waals surface area contributed by atoms with E-state index in [2.05, 4.69) is 21.2 Å². The zero-order valence-electron chi connectivity index (χ0n) is 11.0. The average molecular weight is 327 g/mol. The fraction of sp³-hybridized carbons (Fsp3) is 0.500. The summed E-state index contributed by atoms with van der Waals surface area (Å²) in [5.74, 6) is 0.821. The monoisotopic (exact) mass is 326 g/mol. The fourth-order valence-corrected chi connectivity index (χ4v) is 3.02. The number of carbonyl (C=O) groups is 1. The third-order valence-corrected chi connectivity index (χ3v) is 4.04. The van der Waals surface area contributed by atoms with Crippen LogP contribution in [-0.2, 0) is 11.2 Å². The van der Waals surface area contributed by atoms with E-state index in [4.69, 9.17) is 10.5 Å². The lowest BCUT2D eigenvalue weighted by Gasteiger charge is -2.12. The molecule has 1 aromatic carbocycles. The molecule has 0 aromatic heterocycles. The summed E-state index contributed by atoms with van der Waals surface area (Å²) in [6.45, 7) is 0. The number of ether oxygens (including phenoxy) is 1. The number of nitrogens with two attached hydrogens (primary N) is 1. The van der Waals surface area contributed by atoms with Crippen LogP contribution in [0.25, 0.3) is 0 Å². The van der Waals surface area contributed by atoms with Crippen molar-refractivity contribution in [3.63, 3.8) is 0 Å². The number of methoxy groups -OCH3 is 1. The van der Waals surface area contributed by atoms with Crippen LogP contribution < -0.4 is 15.8 Å². The predicted octanol–water partition coefficient (Wildman–Crippen LogP) is 2.00. The van der Waals surface area contributed by atoms with Crippen LogP contribution >= 0.6 is 15.9 Å². The third-order valence-electron chi connectivity index (χ3n) is 3.42. The first kappa shape index (κ1) is 14.3. The van der Waals surface area contributed by atoms with Crippen LogP contribution in [0.2, 0.25) is 0 Å². The van der Waals surface area contributed by atoms with Gasteiger partial charge in [-0.3, -0.25) is 4.79 Å². The lowest BCUT2D eigenvalue weighted by atomic mass is 10.1. The minimum absolute atomic E-state index is 0.0520. The van der Waals surface area contributed by atoms with Gasteiger partial charge in [0, 0.05) is 12.1 Å². The Morgan fingerprint density at radius 1 is 1.53 bits per heavy atom. The Hall–Kier alpha value is -1.07. The first-order valence-corrected chi connectivity index (χ1v) is 7.25. The zero-order chi connectivity index (χ0) is 13.8. The second-order valence-electron chi connectivity index (χ2n) is 4.98. The smallest absolute Gasteiger partial charge is 0.224 e. The van der Waals surface area contributed by atoms with Crippen LogP contribution in [0.4, 0.5) is 0 Å². The van der Waals surface area contributed by atoms with E-state index >= 15 is 0 Å². The Bertz CT molecular complexity index is 465. The summed E-state index contributed by atoms with van der Waals surface area (Å²) < 4.78 is 6.03. The van der Waals surface area contributed by atoms with Crippen molar-refractivity contribution in [1.82, 2.24) is 5.32 Å². The number of hydrogen-bond acceptors (Lipinski definition) is 3. The molecular weight excluding hydrogens is 308 g/mol. The summed E-state index contributed by atoms with van der Waals surface area (Å²) in [7, 11) is 1.62. The highest BCUT2D eigenvalue weighted by Gasteiger charge is 2.23. The third kappa shape index (κ3) is 3.94. The second kappa shape index (κ2) is 6.39. The normalized spacial score (nSPS) is 22.3. The molecule has 0 bridgehead atoms. The van der Waals surface area contributed by atoms with Gasteiger partial charge in [0.05, 0.1) is 18.0 Å². The molecule has 5 heteroatoms. The number of amides is 1. The van der Waals surface area contributed by atoms with Gasteiger partial charge in [-0.15, -0.1) is 0 Å². The quantitative estimate of drug-likeness (QED) is 0.889. The van der Waals surface area contributed by atoms with Crippen LogP contribution in [0.1, 0.15) is 24.8 Å². The summed E-state index contributed by atoms with van der Waals surface area (Å²) in [5, 5.41) is 3.04. The molecule has 0 heterocycles. The molecule has 4 nitrogen and oxygen atoms in total. The lowest BCUT2D eigenvalue weighted by molar-refractivity contribution is -0.121. The number of benzene rings is 1. The summed E-state index contributed by atoms with van der Waals surface area (Å²) >= 11 is 3.42. The molecule has 0 saturated heterocycles. The molecule has 1 aliphatic carbocycles. The van der Waals surface area contributed by atoms with Gasteiger partial charge < -0.3 is 15.8 Å². The molecule has 2 atom stereocenters. The molecule has 0 spiro atoms. The van der Waals surface area contributed by atoms with Gasteiger partial charge in [0.25, 0.3) is 0 Å². The molecule has 1 saturated carbocycles. The molecule has 2 unspecified atom stereocenters. The number of hydrogen-bond donors (Lipinski definition) is 2. The molecular formula is C14H19BrN2O2. The highest BCUT2D eigenvalue weighted by Crippen LogP contribution is 2.25. The Kier molecular flexibility index (Phi) is 4.82. The number of carbonyl (C=O) groups excluding carboxylic acids is 1. The van der Waals surface area contributed by atoms with Crippen molar-refractivity contribution < 1.29 is 9.53 Å². The Morgan fingerprint density at radius 3 is 2.89 bits per heavy atom. The van der Waals surface area contributed by atoms with E-state index in [1.165, 1.54) is 0 Å². The van der Waals surface area contributed by atoms with E-state index < -0.39 is 0 Å².